The van der Waals surface area contributed by atoms with Crippen LogP contribution in [0.1, 0.15) is 6.42 Å². The minimum atomic E-state index is -0.397. The monoisotopic (exact) mass is 309 g/mol. The number of nitriles is 1. The molecule has 0 aliphatic heterocycles. The lowest BCUT2D eigenvalue weighted by atomic mass is 10.2. The van der Waals surface area contributed by atoms with Crippen LogP contribution in [0.25, 0.3) is 0 Å². The first kappa shape index (κ1) is 16.4. The van der Waals surface area contributed by atoms with Gasteiger partial charge in [-0.2, -0.15) is 5.26 Å². The van der Waals surface area contributed by atoms with Gasteiger partial charge in [-0.1, -0.05) is 6.07 Å². The first-order valence-corrected chi connectivity index (χ1v) is 7.82. The van der Waals surface area contributed by atoms with Crippen LogP contribution in [0.4, 0.5) is 5.69 Å². The first-order chi connectivity index (χ1) is 9.71. The minimum absolute atomic E-state index is 0.0362. The van der Waals surface area contributed by atoms with Gasteiger partial charge >= 0.3 is 0 Å². The fourth-order valence-electron chi connectivity index (χ4n) is 1.38. The molecular weight excluding hydrogens is 294 g/mol. The number of hydrogen-bond donors (Lipinski definition) is 2. The van der Waals surface area contributed by atoms with E-state index in [9.17, 15) is 4.79 Å². The molecule has 4 nitrogen and oxygen atoms in total. The molecule has 0 aliphatic rings. The van der Waals surface area contributed by atoms with Gasteiger partial charge in [-0.25, -0.2) is 0 Å². The van der Waals surface area contributed by atoms with Crippen molar-refractivity contribution in [3.05, 3.63) is 36.0 Å². The quantitative estimate of drug-likeness (QED) is 0.267. The Balaban J connectivity index is 2.65. The molecule has 0 spiro atoms. The van der Waals surface area contributed by atoms with Gasteiger partial charge in [-0.05, 0) is 30.9 Å². The van der Waals surface area contributed by atoms with Gasteiger partial charge in [0.2, 0.25) is 0 Å². The molecule has 0 aromatic heterocycles. The van der Waals surface area contributed by atoms with Crippen LogP contribution in [0.3, 0.4) is 0 Å². The lowest BCUT2D eigenvalue weighted by Crippen LogP contribution is -2.26. The van der Waals surface area contributed by atoms with E-state index in [4.69, 9.17) is 16.9 Å². The highest BCUT2D eigenvalue weighted by Crippen LogP contribution is 2.19. The number of hydrogen-bond acceptors (Lipinski definition) is 4. The molecule has 0 unspecified atom stereocenters. The Labute approximate surface area is 128 Å². The number of thioether (sulfide) groups is 1. The lowest BCUT2D eigenvalue weighted by Gasteiger charge is -2.05. The van der Waals surface area contributed by atoms with Gasteiger partial charge in [-0.15, -0.1) is 23.4 Å². The Morgan fingerprint density at radius 3 is 3.00 bits per heavy atom. The van der Waals surface area contributed by atoms with E-state index >= 15 is 0 Å². The number of nitrogens with zero attached hydrogens (tertiary/aromatic N) is 1. The van der Waals surface area contributed by atoms with Gasteiger partial charge in [0.05, 0.1) is 0 Å². The van der Waals surface area contributed by atoms with Gasteiger partial charge in [0.1, 0.15) is 11.6 Å². The van der Waals surface area contributed by atoms with Crippen molar-refractivity contribution < 1.29 is 4.79 Å². The predicted octanol–water partition coefficient (Wildman–Crippen LogP) is 2.97. The zero-order valence-electron chi connectivity index (χ0n) is 11.1. The second kappa shape index (κ2) is 9.29. The van der Waals surface area contributed by atoms with Crippen molar-refractivity contribution in [1.29, 1.82) is 5.26 Å². The maximum atomic E-state index is 11.7. The molecule has 0 saturated heterocycles. The first-order valence-electron chi connectivity index (χ1n) is 6.06. The molecule has 1 amide bonds. The van der Waals surface area contributed by atoms with E-state index in [1.54, 1.807) is 11.8 Å². The third-order valence-electron chi connectivity index (χ3n) is 2.41. The average Bonchev–Trinajstić information content (AvgIpc) is 2.48. The number of rotatable bonds is 7. The Hall–Kier alpha value is -1.64. The Bertz CT molecular complexity index is 525. The molecule has 1 aromatic carbocycles. The van der Waals surface area contributed by atoms with E-state index in [0.717, 1.165) is 10.6 Å². The average molecular weight is 310 g/mol. The second-order valence-electron chi connectivity index (χ2n) is 3.84. The number of amides is 1. The molecule has 1 aromatic rings. The van der Waals surface area contributed by atoms with Gasteiger partial charge in [-0.3, -0.25) is 4.79 Å². The fraction of sp³-hybridized carbons (Fsp3) is 0.286. The number of alkyl halides is 1. The highest BCUT2D eigenvalue weighted by molar-refractivity contribution is 7.98. The summed E-state index contributed by atoms with van der Waals surface area (Å²) in [6, 6.07) is 9.59. The van der Waals surface area contributed by atoms with Crippen molar-refractivity contribution in [3.63, 3.8) is 0 Å². The largest absolute Gasteiger partial charge is 0.360 e. The van der Waals surface area contributed by atoms with Crippen molar-refractivity contribution in [3.8, 4) is 6.07 Å². The summed E-state index contributed by atoms with van der Waals surface area (Å²) in [5.74, 6) is 0.0807. The van der Waals surface area contributed by atoms with E-state index < -0.39 is 5.91 Å². The van der Waals surface area contributed by atoms with Crippen LogP contribution < -0.4 is 10.6 Å². The summed E-state index contributed by atoms with van der Waals surface area (Å²) in [7, 11) is 0. The molecule has 2 N–H and O–H groups in total. The van der Waals surface area contributed by atoms with Gasteiger partial charge in [0.15, 0.2) is 0 Å². The molecule has 0 bridgehead atoms. The zero-order chi connectivity index (χ0) is 14.8. The highest BCUT2D eigenvalue weighted by Gasteiger charge is 2.07. The molecule has 20 heavy (non-hydrogen) atoms. The maximum Gasteiger partial charge on any atom is 0.263 e. The van der Waals surface area contributed by atoms with Gasteiger partial charge in [0.25, 0.3) is 5.91 Å². The standard InChI is InChI=1S/C14H16ClN3OS/c1-20-13-5-2-4-12(8-13)18-10-11(9-16)14(19)17-7-3-6-15/h2,4-5,8,10,18H,3,6-7H2,1H3,(H,17,19)/b11-10-. The molecule has 0 aliphatic carbocycles. The molecule has 6 heteroatoms. The van der Waals surface area contributed by atoms with E-state index in [1.165, 1.54) is 6.20 Å². The van der Waals surface area contributed by atoms with Crippen LogP contribution in [-0.4, -0.2) is 24.6 Å². The van der Waals surface area contributed by atoms with Gasteiger partial charge < -0.3 is 10.6 Å². The van der Waals surface area contributed by atoms with Gasteiger partial charge in [0, 0.05) is 29.2 Å². The van der Waals surface area contributed by atoms with E-state index in [0.29, 0.717) is 18.8 Å². The van der Waals surface area contributed by atoms with Crippen LogP contribution in [0.15, 0.2) is 40.9 Å². The molecule has 0 fully saturated rings. The normalized spacial score (nSPS) is 10.8. The van der Waals surface area contributed by atoms with Crippen LogP contribution >= 0.6 is 23.4 Å². The second-order valence-corrected chi connectivity index (χ2v) is 5.10. The summed E-state index contributed by atoms with van der Waals surface area (Å²) < 4.78 is 0. The molecule has 0 heterocycles. The number of anilines is 1. The van der Waals surface area contributed by atoms with Crippen LogP contribution in [0, 0.1) is 11.3 Å². The molecule has 106 valence electrons. The maximum absolute atomic E-state index is 11.7. The summed E-state index contributed by atoms with van der Waals surface area (Å²) in [4.78, 5) is 12.8. The predicted molar refractivity (Wildman–Crippen MR) is 83.9 cm³/mol. The molecule has 0 atom stereocenters. The van der Waals surface area contributed by atoms with Crippen molar-refractivity contribution in [2.45, 2.75) is 11.3 Å². The third kappa shape index (κ3) is 5.55. The number of carbonyl (C=O) groups is 1. The van der Waals surface area contributed by atoms with Crippen molar-refractivity contribution in [1.82, 2.24) is 5.32 Å². The SMILES string of the molecule is CSc1cccc(N/C=C(/C#N)C(=O)NCCCCl)c1. The number of benzene rings is 1. The van der Waals surface area contributed by atoms with Crippen molar-refractivity contribution in [2.24, 2.45) is 0 Å². The molecule has 1 rings (SSSR count). The Kier molecular flexibility index (Phi) is 7.63. The van der Waals surface area contributed by atoms with Crippen LogP contribution in [-0.2, 0) is 4.79 Å². The van der Waals surface area contributed by atoms with Crippen LogP contribution in [0.2, 0.25) is 0 Å². The summed E-state index contributed by atoms with van der Waals surface area (Å²) in [5.41, 5.74) is 0.868. The summed E-state index contributed by atoms with van der Waals surface area (Å²) in [6.45, 7) is 0.462. The molecule has 0 radical (unpaired) electrons. The van der Waals surface area contributed by atoms with E-state index in [1.807, 2.05) is 36.6 Å². The van der Waals surface area contributed by atoms with Crippen molar-refractivity contribution in [2.75, 3.05) is 24.0 Å². The minimum Gasteiger partial charge on any atom is -0.360 e. The summed E-state index contributed by atoms with van der Waals surface area (Å²) in [6.07, 6.45) is 4.07. The topological polar surface area (TPSA) is 64.9 Å². The summed E-state index contributed by atoms with van der Waals surface area (Å²) in [5, 5.41) is 14.6. The van der Waals surface area contributed by atoms with E-state index in [-0.39, 0.29) is 5.57 Å². The zero-order valence-corrected chi connectivity index (χ0v) is 12.7. The Morgan fingerprint density at radius 2 is 2.35 bits per heavy atom. The molecule has 0 saturated carbocycles. The fourth-order valence-corrected chi connectivity index (χ4v) is 1.97. The highest BCUT2D eigenvalue weighted by atomic mass is 35.5. The smallest absolute Gasteiger partial charge is 0.263 e. The lowest BCUT2D eigenvalue weighted by molar-refractivity contribution is -0.117. The van der Waals surface area contributed by atoms with Crippen LogP contribution in [0.5, 0.6) is 0 Å². The summed E-state index contributed by atoms with van der Waals surface area (Å²) >= 11 is 7.15. The number of carbonyl (C=O) groups excluding carboxylic acids is 1. The number of nitrogens with one attached hydrogen (secondary N) is 2. The van der Waals surface area contributed by atoms with Crippen molar-refractivity contribution >= 4 is 35.0 Å². The van der Waals surface area contributed by atoms with E-state index in [2.05, 4.69) is 10.6 Å². The number of halogens is 1. The third-order valence-corrected chi connectivity index (χ3v) is 3.41. The Morgan fingerprint density at radius 1 is 1.55 bits per heavy atom. The molecular formula is C14H16ClN3OS.